The molecule has 6 nitrogen and oxygen atoms in total. The molecule has 19 heavy (non-hydrogen) atoms. The van der Waals surface area contributed by atoms with Gasteiger partial charge < -0.3 is 10.4 Å². The lowest BCUT2D eigenvalue weighted by Crippen LogP contribution is -2.47. The van der Waals surface area contributed by atoms with Gasteiger partial charge in [0.05, 0.1) is 16.1 Å². The van der Waals surface area contributed by atoms with Crippen LogP contribution in [0.25, 0.3) is 0 Å². The molecule has 1 fully saturated rings. The molecule has 2 rings (SSSR count). The van der Waals surface area contributed by atoms with E-state index in [2.05, 4.69) is 21.2 Å². The summed E-state index contributed by atoms with van der Waals surface area (Å²) in [4.78, 5) is 22.0. The number of amides is 1. The van der Waals surface area contributed by atoms with Crippen molar-refractivity contribution in [1.29, 1.82) is 0 Å². The van der Waals surface area contributed by atoms with E-state index in [0.29, 0.717) is 22.9 Å². The monoisotopic (exact) mass is 328 g/mol. The van der Waals surface area contributed by atoms with Crippen molar-refractivity contribution < 1.29 is 14.8 Å². The fourth-order valence-electron chi connectivity index (χ4n) is 1.90. The van der Waals surface area contributed by atoms with Gasteiger partial charge in [0.25, 0.3) is 11.6 Å². The molecule has 0 atom stereocenters. The lowest BCUT2D eigenvalue weighted by Gasteiger charge is -2.36. The number of carbonyl (C=O) groups is 1. The fraction of sp³-hybridized carbons (Fsp3) is 0.417. The zero-order valence-electron chi connectivity index (χ0n) is 10.1. The molecule has 7 heteroatoms. The van der Waals surface area contributed by atoms with Crippen LogP contribution in [0.15, 0.2) is 22.7 Å². The van der Waals surface area contributed by atoms with E-state index >= 15 is 0 Å². The van der Waals surface area contributed by atoms with E-state index in [4.69, 9.17) is 0 Å². The van der Waals surface area contributed by atoms with Crippen LogP contribution in [-0.4, -0.2) is 28.1 Å². The first-order valence-electron chi connectivity index (χ1n) is 5.86. The molecule has 0 radical (unpaired) electrons. The van der Waals surface area contributed by atoms with Gasteiger partial charge in [-0.1, -0.05) is 0 Å². The van der Waals surface area contributed by atoms with E-state index in [9.17, 15) is 20.0 Å². The average molecular weight is 329 g/mol. The third kappa shape index (κ3) is 3.10. The lowest BCUT2D eigenvalue weighted by molar-refractivity contribution is -0.384. The fourth-order valence-corrected chi connectivity index (χ4v) is 2.45. The van der Waals surface area contributed by atoms with E-state index in [1.54, 1.807) is 0 Å². The molecule has 0 spiro atoms. The number of halogens is 1. The highest BCUT2D eigenvalue weighted by molar-refractivity contribution is 9.10. The summed E-state index contributed by atoms with van der Waals surface area (Å²) in [6.07, 6.45) is 2.34. The van der Waals surface area contributed by atoms with Gasteiger partial charge in [-0.3, -0.25) is 14.9 Å². The molecular formula is C12H13BrN2O4. The standard InChI is InChI=1S/C12H13BrN2O4/c13-10-6-8(15(18)19)2-3-9(10)11(16)14-7-12(17)4-1-5-12/h2-3,6,17H,1,4-5,7H2,(H,14,16). The summed E-state index contributed by atoms with van der Waals surface area (Å²) in [6.45, 7) is 0.204. The number of hydrogen-bond donors (Lipinski definition) is 2. The Hall–Kier alpha value is -1.47. The van der Waals surface area contributed by atoms with Crippen molar-refractivity contribution >= 4 is 27.5 Å². The van der Waals surface area contributed by atoms with Gasteiger partial charge in [-0.2, -0.15) is 0 Å². The Morgan fingerprint density at radius 3 is 2.68 bits per heavy atom. The van der Waals surface area contributed by atoms with Gasteiger partial charge in [-0.25, -0.2) is 0 Å². The molecule has 0 bridgehead atoms. The minimum absolute atomic E-state index is 0.0824. The van der Waals surface area contributed by atoms with E-state index in [1.165, 1.54) is 18.2 Å². The van der Waals surface area contributed by atoms with E-state index in [0.717, 1.165) is 6.42 Å². The quantitative estimate of drug-likeness (QED) is 0.653. The smallest absolute Gasteiger partial charge is 0.270 e. The average Bonchev–Trinajstić information content (AvgIpc) is 2.33. The number of aliphatic hydroxyl groups is 1. The van der Waals surface area contributed by atoms with Gasteiger partial charge in [0.1, 0.15) is 0 Å². The van der Waals surface area contributed by atoms with Gasteiger partial charge in [0, 0.05) is 23.2 Å². The molecule has 1 aromatic carbocycles. The van der Waals surface area contributed by atoms with Crippen LogP contribution in [0.5, 0.6) is 0 Å². The number of rotatable bonds is 4. The highest BCUT2D eigenvalue weighted by Crippen LogP contribution is 2.31. The van der Waals surface area contributed by atoms with Crippen molar-refractivity contribution in [3.8, 4) is 0 Å². The molecule has 0 aliphatic heterocycles. The lowest BCUT2D eigenvalue weighted by atomic mass is 9.80. The number of nitrogens with zero attached hydrogens (tertiary/aromatic N) is 1. The number of benzene rings is 1. The van der Waals surface area contributed by atoms with Crippen LogP contribution in [0.4, 0.5) is 5.69 Å². The van der Waals surface area contributed by atoms with Gasteiger partial charge in [0.15, 0.2) is 0 Å². The molecule has 0 saturated heterocycles. The maximum Gasteiger partial charge on any atom is 0.270 e. The predicted molar refractivity (Wildman–Crippen MR) is 71.9 cm³/mol. The van der Waals surface area contributed by atoms with E-state index in [-0.39, 0.29) is 18.1 Å². The highest BCUT2D eigenvalue weighted by Gasteiger charge is 2.34. The first kappa shape index (κ1) is 14.0. The second kappa shape index (κ2) is 5.26. The normalized spacial score (nSPS) is 16.5. The van der Waals surface area contributed by atoms with Crippen LogP contribution < -0.4 is 5.32 Å². The summed E-state index contributed by atoms with van der Waals surface area (Å²) in [5.74, 6) is -0.359. The Morgan fingerprint density at radius 2 is 2.21 bits per heavy atom. The summed E-state index contributed by atoms with van der Waals surface area (Å²) in [5, 5.41) is 23.1. The van der Waals surface area contributed by atoms with Crippen LogP contribution in [0, 0.1) is 10.1 Å². The van der Waals surface area contributed by atoms with Crippen molar-refractivity contribution in [3.05, 3.63) is 38.3 Å². The maximum absolute atomic E-state index is 11.9. The molecule has 1 aliphatic rings. The van der Waals surface area contributed by atoms with E-state index < -0.39 is 10.5 Å². The zero-order valence-corrected chi connectivity index (χ0v) is 11.6. The topological polar surface area (TPSA) is 92.5 Å². The SMILES string of the molecule is O=C(NCC1(O)CCC1)c1ccc([N+](=O)[O-])cc1Br. The second-order valence-corrected chi connectivity index (χ2v) is 5.54. The van der Waals surface area contributed by atoms with Gasteiger partial charge in [-0.15, -0.1) is 0 Å². The van der Waals surface area contributed by atoms with Crippen molar-refractivity contribution in [3.63, 3.8) is 0 Å². The van der Waals surface area contributed by atoms with Crippen molar-refractivity contribution in [2.24, 2.45) is 0 Å². The van der Waals surface area contributed by atoms with Crippen molar-refractivity contribution in [1.82, 2.24) is 5.32 Å². The minimum atomic E-state index is -0.789. The van der Waals surface area contributed by atoms with Gasteiger partial charge in [-0.05, 0) is 41.3 Å². The summed E-state index contributed by atoms with van der Waals surface area (Å²) >= 11 is 3.14. The molecule has 102 valence electrons. The number of nitrogens with one attached hydrogen (secondary N) is 1. The maximum atomic E-state index is 11.9. The van der Waals surface area contributed by atoms with Crippen LogP contribution >= 0.6 is 15.9 Å². The number of carbonyl (C=O) groups excluding carboxylic acids is 1. The van der Waals surface area contributed by atoms with Crippen LogP contribution in [0.1, 0.15) is 29.6 Å². The summed E-state index contributed by atoms with van der Waals surface area (Å²) in [5.41, 5.74) is -0.558. The van der Waals surface area contributed by atoms with Gasteiger partial charge >= 0.3 is 0 Å². The van der Waals surface area contributed by atoms with Crippen molar-refractivity contribution in [2.45, 2.75) is 24.9 Å². The Morgan fingerprint density at radius 1 is 1.53 bits per heavy atom. The minimum Gasteiger partial charge on any atom is -0.388 e. The number of nitro benzene ring substituents is 1. The Kier molecular flexibility index (Phi) is 3.86. The molecule has 1 amide bonds. The van der Waals surface area contributed by atoms with Gasteiger partial charge in [0.2, 0.25) is 0 Å². The summed E-state index contributed by atoms with van der Waals surface area (Å²) < 4.78 is 0.361. The molecule has 0 aromatic heterocycles. The highest BCUT2D eigenvalue weighted by atomic mass is 79.9. The number of hydrogen-bond acceptors (Lipinski definition) is 4. The molecule has 1 aliphatic carbocycles. The third-order valence-corrected chi connectivity index (χ3v) is 3.93. The number of non-ortho nitro benzene ring substituents is 1. The summed E-state index contributed by atoms with van der Waals surface area (Å²) in [7, 11) is 0. The molecule has 1 aromatic rings. The van der Waals surface area contributed by atoms with E-state index in [1.807, 2.05) is 0 Å². The Labute approximate surface area is 118 Å². The first-order valence-corrected chi connectivity index (χ1v) is 6.65. The molecular weight excluding hydrogens is 316 g/mol. The molecule has 2 N–H and O–H groups in total. The predicted octanol–water partition coefficient (Wildman–Crippen LogP) is 2.00. The zero-order chi connectivity index (χ0) is 14.0. The Balaban J connectivity index is 2.04. The van der Waals surface area contributed by atoms with Crippen LogP contribution in [0.2, 0.25) is 0 Å². The van der Waals surface area contributed by atoms with Crippen LogP contribution in [-0.2, 0) is 0 Å². The summed E-state index contributed by atoms with van der Waals surface area (Å²) in [6, 6.07) is 3.95. The van der Waals surface area contributed by atoms with Crippen LogP contribution in [0.3, 0.4) is 0 Å². The molecule has 1 saturated carbocycles. The Bertz CT molecular complexity index is 528. The third-order valence-electron chi connectivity index (χ3n) is 3.27. The second-order valence-electron chi connectivity index (χ2n) is 4.68. The molecule has 0 unspecified atom stereocenters. The number of nitro groups is 1. The van der Waals surface area contributed by atoms with Crippen molar-refractivity contribution in [2.75, 3.05) is 6.54 Å². The first-order chi connectivity index (χ1) is 8.91. The molecule has 0 heterocycles. The largest absolute Gasteiger partial charge is 0.388 e.